The topological polar surface area (TPSA) is 34.1 Å². The number of nitrogens with one attached hydrogen (secondary N) is 1. The van der Waals surface area contributed by atoms with Gasteiger partial charge in [-0.2, -0.15) is 4.37 Å². The van der Waals surface area contributed by atoms with Crippen LogP contribution in [0.4, 0.5) is 0 Å². The van der Waals surface area contributed by atoms with E-state index in [9.17, 15) is 0 Å². The lowest BCUT2D eigenvalue weighted by Crippen LogP contribution is -2.26. The summed E-state index contributed by atoms with van der Waals surface area (Å²) in [5, 5.41) is 4.68. The van der Waals surface area contributed by atoms with Crippen LogP contribution in [0.15, 0.2) is 18.2 Å². The van der Waals surface area contributed by atoms with Gasteiger partial charge in [-0.25, -0.2) is 0 Å². The van der Waals surface area contributed by atoms with Gasteiger partial charge in [-0.05, 0) is 55.7 Å². The van der Waals surface area contributed by atoms with Crippen LogP contribution in [0.2, 0.25) is 0 Å². The molecule has 1 saturated heterocycles. The first-order valence-electron chi connectivity index (χ1n) is 6.02. The van der Waals surface area contributed by atoms with E-state index in [2.05, 4.69) is 21.8 Å². The van der Waals surface area contributed by atoms with Gasteiger partial charge >= 0.3 is 0 Å². The molecule has 0 radical (unpaired) electrons. The van der Waals surface area contributed by atoms with Crippen molar-refractivity contribution in [3.8, 4) is 5.75 Å². The van der Waals surface area contributed by atoms with Gasteiger partial charge in [0.1, 0.15) is 5.75 Å². The van der Waals surface area contributed by atoms with Crippen LogP contribution < -0.4 is 10.1 Å². The molecule has 0 spiro atoms. The number of hydrogen-bond donors (Lipinski definition) is 1. The number of fused-ring (bicyclic) bond motifs is 1. The number of benzene rings is 1. The molecule has 90 valence electrons. The molecule has 1 fully saturated rings. The van der Waals surface area contributed by atoms with Crippen molar-refractivity contribution >= 4 is 21.6 Å². The molecule has 0 amide bonds. The van der Waals surface area contributed by atoms with Crippen LogP contribution in [0, 0.1) is 0 Å². The highest BCUT2D eigenvalue weighted by molar-refractivity contribution is 7.13. The number of ether oxygens (including phenoxy) is 1. The molecule has 0 bridgehead atoms. The average Bonchev–Trinajstić information content (AvgIpc) is 2.82. The minimum atomic E-state index is 0.608. The highest BCUT2D eigenvalue weighted by atomic mass is 32.1. The Morgan fingerprint density at radius 2 is 2.18 bits per heavy atom. The largest absolute Gasteiger partial charge is 0.497 e. The van der Waals surface area contributed by atoms with Crippen molar-refractivity contribution in [3.05, 3.63) is 23.9 Å². The van der Waals surface area contributed by atoms with Crippen LogP contribution in [0.5, 0.6) is 5.75 Å². The molecule has 0 aliphatic carbocycles. The van der Waals surface area contributed by atoms with E-state index in [1.807, 2.05) is 6.07 Å². The first-order chi connectivity index (χ1) is 8.38. The maximum atomic E-state index is 5.30. The maximum Gasteiger partial charge on any atom is 0.119 e. The number of piperidine rings is 1. The summed E-state index contributed by atoms with van der Waals surface area (Å²) in [5.74, 6) is 1.53. The number of hydrogen-bond acceptors (Lipinski definition) is 4. The lowest BCUT2D eigenvalue weighted by Gasteiger charge is -2.21. The van der Waals surface area contributed by atoms with Gasteiger partial charge in [0.15, 0.2) is 0 Å². The van der Waals surface area contributed by atoms with Crippen molar-refractivity contribution in [1.82, 2.24) is 9.69 Å². The van der Waals surface area contributed by atoms with Crippen LogP contribution in [0.3, 0.4) is 0 Å². The van der Waals surface area contributed by atoms with Crippen LogP contribution in [-0.2, 0) is 0 Å². The summed E-state index contributed by atoms with van der Waals surface area (Å²) < 4.78 is 11.2. The molecule has 1 aromatic carbocycles. The van der Waals surface area contributed by atoms with Gasteiger partial charge in [0.25, 0.3) is 0 Å². The zero-order chi connectivity index (χ0) is 11.7. The molecule has 0 atom stereocenters. The fraction of sp³-hybridized carbons (Fsp3) is 0.462. The van der Waals surface area contributed by atoms with Crippen molar-refractivity contribution < 1.29 is 4.74 Å². The smallest absolute Gasteiger partial charge is 0.119 e. The van der Waals surface area contributed by atoms with Crippen molar-refractivity contribution in [2.75, 3.05) is 20.2 Å². The molecule has 1 aromatic heterocycles. The van der Waals surface area contributed by atoms with Gasteiger partial charge in [-0.15, -0.1) is 0 Å². The average molecular weight is 248 g/mol. The number of aromatic nitrogens is 1. The van der Waals surface area contributed by atoms with Gasteiger partial charge in [0.05, 0.1) is 17.5 Å². The maximum absolute atomic E-state index is 5.30. The highest BCUT2D eigenvalue weighted by Crippen LogP contribution is 2.34. The Balaban J connectivity index is 2.02. The first-order valence-corrected chi connectivity index (χ1v) is 6.80. The number of nitrogens with zero attached hydrogens (tertiary/aromatic N) is 1. The molecule has 1 N–H and O–H groups in total. The molecule has 1 aliphatic rings. The monoisotopic (exact) mass is 248 g/mol. The van der Waals surface area contributed by atoms with E-state index in [4.69, 9.17) is 4.74 Å². The SMILES string of the molecule is COc1ccc2snc(C3CCNCC3)c2c1. The Morgan fingerprint density at radius 3 is 2.94 bits per heavy atom. The molecule has 0 unspecified atom stereocenters. The summed E-state index contributed by atoms with van der Waals surface area (Å²) in [6.07, 6.45) is 2.38. The second kappa shape index (κ2) is 4.63. The van der Waals surface area contributed by atoms with Gasteiger partial charge in [-0.3, -0.25) is 0 Å². The summed E-state index contributed by atoms with van der Waals surface area (Å²) >= 11 is 1.60. The molecule has 2 aromatic rings. The quantitative estimate of drug-likeness (QED) is 0.887. The second-order valence-electron chi connectivity index (χ2n) is 4.45. The van der Waals surface area contributed by atoms with Gasteiger partial charge in [-0.1, -0.05) is 0 Å². The van der Waals surface area contributed by atoms with Crippen LogP contribution in [0.25, 0.3) is 10.1 Å². The summed E-state index contributed by atoms with van der Waals surface area (Å²) in [6, 6.07) is 6.24. The predicted octanol–water partition coefficient (Wildman–Crippen LogP) is 2.77. The normalized spacial score (nSPS) is 17.5. The second-order valence-corrected chi connectivity index (χ2v) is 5.26. The Labute approximate surface area is 105 Å². The molecule has 4 heteroatoms. The molecule has 1 aliphatic heterocycles. The Hall–Kier alpha value is -1.13. The zero-order valence-electron chi connectivity index (χ0n) is 9.90. The summed E-state index contributed by atoms with van der Waals surface area (Å²) in [7, 11) is 1.71. The van der Waals surface area contributed by atoms with Gasteiger partial charge < -0.3 is 10.1 Å². The standard InChI is InChI=1S/C13H16N2OS/c1-16-10-2-3-12-11(8-10)13(15-17-12)9-4-6-14-7-5-9/h2-3,8-9,14H,4-7H2,1H3. The number of rotatable bonds is 2. The van der Waals surface area contributed by atoms with Crippen molar-refractivity contribution in [2.24, 2.45) is 0 Å². The third kappa shape index (κ3) is 2.03. The van der Waals surface area contributed by atoms with Crippen molar-refractivity contribution in [3.63, 3.8) is 0 Å². The molecule has 17 heavy (non-hydrogen) atoms. The summed E-state index contributed by atoms with van der Waals surface area (Å²) in [6.45, 7) is 2.21. The first kappa shape index (κ1) is 11.0. The van der Waals surface area contributed by atoms with E-state index in [-0.39, 0.29) is 0 Å². The predicted molar refractivity (Wildman–Crippen MR) is 71.0 cm³/mol. The lowest BCUT2D eigenvalue weighted by molar-refractivity contribution is 0.415. The third-order valence-corrected chi connectivity index (χ3v) is 4.27. The third-order valence-electron chi connectivity index (χ3n) is 3.43. The molecular formula is C13H16N2OS. The molecule has 0 saturated carbocycles. The minimum Gasteiger partial charge on any atom is -0.497 e. The van der Waals surface area contributed by atoms with Crippen LogP contribution >= 0.6 is 11.5 Å². The van der Waals surface area contributed by atoms with E-state index >= 15 is 0 Å². The Kier molecular flexibility index (Phi) is 2.99. The summed E-state index contributed by atoms with van der Waals surface area (Å²) in [4.78, 5) is 0. The molecular weight excluding hydrogens is 232 g/mol. The van der Waals surface area contributed by atoms with E-state index in [1.54, 1.807) is 18.6 Å². The zero-order valence-corrected chi connectivity index (χ0v) is 10.7. The van der Waals surface area contributed by atoms with E-state index in [0.717, 1.165) is 18.8 Å². The molecule has 3 rings (SSSR count). The number of methoxy groups -OCH3 is 1. The van der Waals surface area contributed by atoms with Crippen LogP contribution in [0.1, 0.15) is 24.5 Å². The van der Waals surface area contributed by atoms with E-state index in [0.29, 0.717) is 5.92 Å². The minimum absolute atomic E-state index is 0.608. The van der Waals surface area contributed by atoms with Crippen molar-refractivity contribution in [1.29, 1.82) is 0 Å². The Bertz CT molecular complexity index is 517. The molecule has 2 heterocycles. The molecule has 3 nitrogen and oxygen atoms in total. The van der Waals surface area contributed by atoms with Crippen molar-refractivity contribution in [2.45, 2.75) is 18.8 Å². The fourth-order valence-electron chi connectivity index (χ4n) is 2.45. The highest BCUT2D eigenvalue weighted by Gasteiger charge is 2.20. The lowest BCUT2D eigenvalue weighted by atomic mass is 9.92. The van der Waals surface area contributed by atoms with Crippen LogP contribution in [-0.4, -0.2) is 24.6 Å². The van der Waals surface area contributed by atoms with E-state index in [1.165, 1.54) is 28.6 Å². The van der Waals surface area contributed by atoms with E-state index < -0.39 is 0 Å². The van der Waals surface area contributed by atoms with Gasteiger partial charge in [0, 0.05) is 11.3 Å². The summed E-state index contributed by atoms with van der Waals surface area (Å²) in [5.41, 5.74) is 1.27. The fourth-order valence-corrected chi connectivity index (χ4v) is 3.29. The van der Waals surface area contributed by atoms with Gasteiger partial charge in [0.2, 0.25) is 0 Å². The Morgan fingerprint density at radius 1 is 1.35 bits per heavy atom.